The van der Waals surface area contributed by atoms with E-state index in [4.69, 9.17) is 4.74 Å². The first-order valence-corrected chi connectivity index (χ1v) is 7.59. The maximum absolute atomic E-state index is 12.1. The van der Waals surface area contributed by atoms with E-state index in [1.807, 2.05) is 24.3 Å². The summed E-state index contributed by atoms with van der Waals surface area (Å²) < 4.78 is 4.94. The second kappa shape index (κ2) is 7.76. The predicted octanol–water partition coefficient (Wildman–Crippen LogP) is 3.85. The summed E-state index contributed by atoms with van der Waals surface area (Å²) in [5, 5.41) is 2.84. The van der Waals surface area contributed by atoms with Gasteiger partial charge in [0.1, 0.15) is 0 Å². The Morgan fingerprint density at radius 1 is 1.09 bits per heavy atom. The van der Waals surface area contributed by atoms with Crippen LogP contribution in [-0.2, 0) is 4.74 Å². The van der Waals surface area contributed by atoms with E-state index in [-0.39, 0.29) is 5.91 Å². The Hall–Kier alpha value is -2.13. The molecule has 0 aliphatic carbocycles. The second-order valence-corrected chi connectivity index (χ2v) is 5.61. The van der Waals surface area contributed by atoms with Crippen LogP contribution >= 0.6 is 0 Å². The van der Waals surface area contributed by atoms with Crippen molar-refractivity contribution in [1.29, 1.82) is 0 Å². The lowest BCUT2D eigenvalue weighted by atomic mass is 9.96. The Morgan fingerprint density at radius 3 is 2.45 bits per heavy atom. The van der Waals surface area contributed by atoms with Crippen molar-refractivity contribution in [2.75, 3.05) is 20.3 Å². The Balaban J connectivity index is 2.21. The zero-order valence-electron chi connectivity index (χ0n) is 13.4. The molecule has 0 unspecified atom stereocenters. The quantitative estimate of drug-likeness (QED) is 0.822. The first-order valence-electron chi connectivity index (χ1n) is 7.59. The molecule has 0 aliphatic heterocycles. The van der Waals surface area contributed by atoms with Crippen molar-refractivity contribution in [2.24, 2.45) is 0 Å². The highest BCUT2D eigenvalue weighted by molar-refractivity contribution is 5.95. The van der Waals surface area contributed by atoms with Crippen LogP contribution in [0.3, 0.4) is 0 Å². The van der Waals surface area contributed by atoms with Crippen molar-refractivity contribution in [1.82, 2.24) is 5.32 Å². The molecule has 0 aliphatic rings. The van der Waals surface area contributed by atoms with Crippen molar-refractivity contribution >= 4 is 5.91 Å². The van der Waals surface area contributed by atoms with Gasteiger partial charge in [-0.15, -0.1) is 0 Å². The zero-order valence-corrected chi connectivity index (χ0v) is 13.4. The number of hydrogen-bond donors (Lipinski definition) is 1. The zero-order chi connectivity index (χ0) is 15.9. The average Bonchev–Trinajstić information content (AvgIpc) is 2.55. The van der Waals surface area contributed by atoms with E-state index in [1.165, 1.54) is 5.56 Å². The van der Waals surface area contributed by atoms with Crippen LogP contribution in [0.4, 0.5) is 0 Å². The second-order valence-electron chi connectivity index (χ2n) is 5.61. The van der Waals surface area contributed by atoms with Crippen molar-refractivity contribution in [3.63, 3.8) is 0 Å². The third-order valence-electron chi connectivity index (χ3n) is 3.60. The number of carbonyl (C=O) groups excluding carboxylic acids is 1. The van der Waals surface area contributed by atoms with Gasteiger partial charge in [-0.25, -0.2) is 0 Å². The molecular weight excluding hydrogens is 274 g/mol. The fourth-order valence-corrected chi connectivity index (χ4v) is 2.29. The number of amides is 1. The summed E-state index contributed by atoms with van der Waals surface area (Å²) in [5.74, 6) is 0.416. The highest BCUT2D eigenvalue weighted by Gasteiger charge is 2.07. The first kappa shape index (κ1) is 16.2. The smallest absolute Gasteiger partial charge is 0.251 e. The number of benzene rings is 2. The molecule has 0 bridgehead atoms. The molecule has 0 spiro atoms. The van der Waals surface area contributed by atoms with Gasteiger partial charge in [-0.1, -0.05) is 50.2 Å². The SMILES string of the molecule is COCCNC(=O)c1cccc(-c2cccc(C(C)C)c2)c1. The summed E-state index contributed by atoms with van der Waals surface area (Å²) in [6, 6.07) is 16.2. The molecule has 0 saturated carbocycles. The van der Waals surface area contributed by atoms with Gasteiger partial charge in [-0.2, -0.15) is 0 Å². The minimum atomic E-state index is -0.0704. The lowest BCUT2D eigenvalue weighted by Gasteiger charge is -2.10. The molecule has 0 radical (unpaired) electrons. The molecular formula is C19H23NO2. The Kier molecular flexibility index (Phi) is 5.73. The largest absolute Gasteiger partial charge is 0.383 e. The lowest BCUT2D eigenvalue weighted by molar-refractivity contribution is 0.0937. The molecule has 0 atom stereocenters. The average molecular weight is 297 g/mol. The van der Waals surface area contributed by atoms with Crippen molar-refractivity contribution in [2.45, 2.75) is 19.8 Å². The van der Waals surface area contributed by atoms with E-state index in [9.17, 15) is 4.79 Å². The molecule has 22 heavy (non-hydrogen) atoms. The van der Waals surface area contributed by atoms with E-state index >= 15 is 0 Å². The van der Waals surface area contributed by atoms with E-state index in [0.29, 0.717) is 24.6 Å². The minimum Gasteiger partial charge on any atom is -0.383 e. The Morgan fingerprint density at radius 2 is 1.77 bits per heavy atom. The van der Waals surface area contributed by atoms with Crippen LogP contribution in [0.15, 0.2) is 48.5 Å². The highest BCUT2D eigenvalue weighted by Crippen LogP contribution is 2.24. The minimum absolute atomic E-state index is 0.0704. The number of methoxy groups -OCH3 is 1. The van der Waals surface area contributed by atoms with Crippen LogP contribution in [-0.4, -0.2) is 26.2 Å². The molecule has 0 fully saturated rings. The van der Waals surface area contributed by atoms with Crippen molar-refractivity contribution in [3.05, 3.63) is 59.7 Å². The van der Waals surface area contributed by atoms with Gasteiger partial charge in [0.25, 0.3) is 5.91 Å². The summed E-state index contributed by atoms with van der Waals surface area (Å²) in [6.45, 7) is 5.39. The number of carbonyl (C=O) groups is 1. The molecule has 1 amide bonds. The molecule has 2 aromatic rings. The molecule has 0 aromatic heterocycles. The number of rotatable bonds is 6. The molecule has 1 N–H and O–H groups in total. The Bertz CT molecular complexity index is 635. The van der Waals surface area contributed by atoms with Gasteiger partial charge >= 0.3 is 0 Å². The predicted molar refractivity (Wildman–Crippen MR) is 90.2 cm³/mol. The molecule has 116 valence electrons. The summed E-state index contributed by atoms with van der Waals surface area (Å²) in [7, 11) is 1.62. The van der Waals surface area contributed by atoms with Gasteiger partial charge in [0.2, 0.25) is 0 Å². The number of nitrogens with one attached hydrogen (secondary N) is 1. The van der Waals surface area contributed by atoms with Gasteiger partial charge in [-0.05, 0) is 34.7 Å². The molecule has 0 saturated heterocycles. The fourth-order valence-electron chi connectivity index (χ4n) is 2.29. The van der Waals surface area contributed by atoms with Crippen LogP contribution < -0.4 is 5.32 Å². The summed E-state index contributed by atoms with van der Waals surface area (Å²) in [5.41, 5.74) is 4.16. The van der Waals surface area contributed by atoms with Gasteiger partial charge in [0, 0.05) is 19.2 Å². The maximum Gasteiger partial charge on any atom is 0.251 e. The van der Waals surface area contributed by atoms with Crippen LogP contribution in [0, 0.1) is 0 Å². The lowest BCUT2D eigenvalue weighted by Crippen LogP contribution is -2.26. The van der Waals surface area contributed by atoms with E-state index < -0.39 is 0 Å². The fraction of sp³-hybridized carbons (Fsp3) is 0.316. The van der Waals surface area contributed by atoms with Crippen molar-refractivity contribution in [3.8, 4) is 11.1 Å². The number of ether oxygens (including phenoxy) is 1. The summed E-state index contributed by atoms with van der Waals surface area (Å²) in [4.78, 5) is 12.1. The summed E-state index contributed by atoms with van der Waals surface area (Å²) >= 11 is 0. The molecule has 2 aromatic carbocycles. The van der Waals surface area contributed by atoms with E-state index in [0.717, 1.165) is 11.1 Å². The molecule has 2 rings (SSSR count). The third kappa shape index (κ3) is 4.18. The Labute approximate surface area is 132 Å². The van der Waals surface area contributed by atoms with Gasteiger partial charge in [-0.3, -0.25) is 4.79 Å². The van der Waals surface area contributed by atoms with E-state index in [1.54, 1.807) is 7.11 Å². The number of hydrogen-bond acceptors (Lipinski definition) is 2. The van der Waals surface area contributed by atoms with E-state index in [2.05, 4.69) is 43.4 Å². The first-order chi connectivity index (χ1) is 10.6. The normalized spacial score (nSPS) is 10.7. The van der Waals surface area contributed by atoms with Crippen molar-refractivity contribution < 1.29 is 9.53 Å². The van der Waals surface area contributed by atoms with Crippen LogP contribution in [0.1, 0.15) is 35.7 Å². The molecule has 0 heterocycles. The molecule has 3 nitrogen and oxygen atoms in total. The van der Waals surface area contributed by atoms with Crippen LogP contribution in [0.25, 0.3) is 11.1 Å². The monoisotopic (exact) mass is 297 g/mol. The van der Waals surface area contributed by atoms with Gasteiger partial charge in [0.05, 0.1) is 6.61 Å². The van der Waals surface area contributed by atoms with Crippen LogP contribution in [0.2, 0.25) is 0 Å². The standard InChI is InChI=1S/C19H23NO2/c1-14(2)15-6-4-7-16(12-15)17-8-5-9-18(13-17)19(21)20-10-11-22-3/h4-9,12-14H,10-11H2,1-3H3,(H,20,21). The maximum atomic E-state index is 12.1. The van der Waals surface area contributed by atoms with Gasteiger partial charge in [0.15, 0.2) is 0 Å². The van der Waals surface area contributed by atoms with Crippen LogP contribution in [0.5, 0.6) is 0 Å². The topological polar surface area (TPSA) is 38.3 Å². The summed E-state index contributed by atoms with van der Waals surface area (Å²) in [6.07, 6.45) is 0. The molecule has 3 heteroatoms. The third-order valence-corrected chi connectivity index (χ3v) is 3.60. The van der Waals surface area contributed by atoms with Gasteiger partial charge < -0.3 is 10.1 Å². The highest BCUT2D eigenvalue weighted by atomic mass is 16.5.